The Bertz CT molecular complexity index is 507. The minimum Gasteiger partial charge on any atom is -0.341 e. The second-order valence-electron chi connectivity index (χ2n) is 3.04. The number of nitrogens with zero attached hydrogens (tertiary/aromatic N) is 2. The van der Waals surface area contributed by atoms with E-state index in [1.54, 1.807) is 11.3 Å². The molecule has 0 N–H and O–H groups in total. The quantitative estimate of drug-likeness (QED) is 0.589. The predicted octanol–water partition coefficient (Wildman–Crippen LogP) is 0.833. The molecule has 3 heterocycles. The Morgan fingerprint density at radius 1 is 1.46 bits per heavy atom. The van der Waals surface area contributed by atoms with Crippen molar-refractivity contribution in [3.05, 3.63) is 45.4 Å². The lowest BCUT2D eigenvalue weighted by atomic mass is 10.5. The maximum absolute atomic E-state index is 4.41. The summed E-state index contributed by atoms with van der Waals surface area (Å²) in [6.45, 7) is 0.971. The van der Waals surface area contributed by atoms with E-state index in [1.807, 2.05) is 6.20 Å². The summed E-state index contributed by atoms with van der Waals surface area (Å²) in [4.78, 5) is 6.63. The van der Waals surface area contributed by atoms with Gasteiger partial charge < -0.3 is 4.90 Å². The van der Waals surface area contributed by atoms with E-state index in [0.29, 0.717) is 0 Å². The normalized spacial score (nSPS) is 18.2. The van der Waals surface area contributed by atoms with Gasteiger partial charge in [-0.05, 0) is 17.5 Å². The summed E-state index contributed by atoms with van der Waals surface area (Å²) in [5.41, 5.74) is 1.18. The van der Waals surface area contributed by atoms with Gasteiger partial charge in [0.05, 0.1) is 21.8 Å². The number of allylic oxidation sites excluding steroid dienone is 1. The number of rotatable bonds is 0. The zero-order valence-electron chi connectivity index (χ0n) is 6.97. The number of hydrogen-bond donors (Lipinski definition) is 0. The summed E-state index contributed by atoms with van der Waals surface area (Å²) in [5, 5.41) is 3.16. The molecule has 64 valence electrons. The molecule has 0 atom stereocenters. The molecule has 0 saturated carbocycles. The minimum atomic E-state index is 0.971. The molecule has 3 heteroatoms. The highest BCUT2D eigenvalue weighted by Crippen LogP contribution is 2.14. The highest BCUT2D eigenvalue weighted by atomic mass is 32.1. The second kappa shape index (κ2) is 2.57. The fourth-order valence-corrected chi connectivity index (χ4v) is 2.30. The lowest BCUT2D eigenvalue weighted by molar-refractivity contribution is 0.605. The number of fused-ring (bicyclic) bond motifs is 2. The Hall–Kier alpha value is -1.35. The van der Waals surface area contributed by atoms with E-state index >= 15 is 0 Å². The van der Waals surface area contributed by atoms with Crippen molar-refractivity contribution in [3.63, 3.8) is 0 Å². The maximum atomic E-state index is 4.41. The largest absolute Gasteiger partial charge is 0.341 e. The molecule has 1 aromatic rings. The predicted molar refractivity (Wildman–Crippen MR) is 53.5 cm³/mol. The van der Waals surface area contributed by atoms with E-state index in [9.17, 15) is 0 Å². The first-order valence-corrected chi connectivity index (χ1v) is 5.08. The number of hydrogen-bond acceptors (Lipinski definition) is 3. The van der Waals surface area contributed by atoms with Crippen molar-refractivity contribution in [1.29, 1.82) is 0 Å². The Balaban J connectivity index is 2.29. The molecule has 13 heavy (non-hydrogen) atoms. The molecule has 0 amide bonds. The van der Waals surface area contributed by atoms with Crippen molar-refractivity contribution in [2.24, 2.45) is 4.99 Å². The third kappa shape index (κ3) is 1.04. The topological polar surface area (TPSA) is 15.6 Å². The van der Waals surface area contributed by atoms with Crippen LogP contribution < -0.4 is 9.89 Å². The molecule has 0 saturated heterocycles. The molecule has 2 aliphatic rings. The zero-order chi connectivity index (χ0) is 8.67. The highest BCUT2D eigenvalue weighted by Gasteiger charge is 2.10. The van der Waals surface area contributed by atoms with Crippen LogP contribution in [0.1, 0.15) is 0 Å². The van der Waals surface area contributed by atoms with Gasteiger partial charge >= 0.3 is 0 Å². The van der Waals surface area contributed by atoms with Gasteiger partial charge in [-0.1, -0.05) is 6.08 Å². The molecular formula is C10H8N2S. The molecule has 0 fully saturated rings. The lowest BCUT2D eigenvalue weighted by Gasteiger charge is -2.11. The molecule has 0 aromatic carbocycles. The summed E-state index contributed by atoms with van der Waals surface area (Å²) in [6.07, 6.45) is 8.36. The fourth-order valence-electron chi connectivity index (χ4n) is 1.53. The lowest BCUT2D eigenvalue weighted by Crippen LogP contribution is -2.21. The van der Waals surface area contributed by atoms with E-state index in [0.717, 1.165) is 11.9 Å². The molecule has 0 unspecified atom stereocenters. The first-order valence-electron chi connectivity index (χ1n) is 4.20. The van der Waals surface area contributed by atoms with E-state index < -0.39 is 0 Å². The Kier molecular flexibility index (Phi) is 1.40. The third-order valence-electron chi connectivity index (χ3n) is 2.20. The summed E-state index contributed by atoms with van der Waals surface area (Å²) in [6, 6.07) is 2.06. The standard InChI is InChI=1S/C10H8N2S/c1-2-8-6-11-9-3-5-13-10(9)7-12(8)4-1/h1-3,5-7H,4H2. The highest BCUT2D eigenvalue weighted by molar-refractivity contribution is 7.07. The van der Waals surface area contributed by atoms with E-state index in [1.165, 1.54) is 10.2 Å². The van der Waals surface area contributed by atoms with Crippen LogP contribution >= 0.6 is 11.3 Å². The van der Waals surface area contributed by atoms with Gasteiger partial charge in [-0.15, -0.1) is 11.3 Å². The fraction of sp³-hybridized carbons (Fsp3) is 0.100. The van der Waals surface area contributed by atoms with E-state index in [-0.39, 0.29) is 0 Å². The van der Waals surface area contributed by atoms with Gasteiger partial charge in [0.1, 0.15) is 0 Å². The van der Waals surface area contributed by atoms with Gasteiger partial charge in [-0.2, -0.15) is 0 Å². The van der Waals surface area contributed by atoms with Crippen LogP contribution in [0.5, 0.6) is 0 Å². The molecule has 3 rings (SSSR count). The molecule has 0 aliphatic carbocycles. The van der Waals surface area contributed by atoms with Gasteiger partial charge in [-0.3, -0.25) is 4.99 Å². The zero-order valence-corrected chi connectivity index (χ0v) is 7.79. The maximum Gasteiger partial charge on any atom is 0.0825 e. The smallest absolute Gasteiger partial charge is 0.0825 e. The van der Waals surface area contributed by atoms with Crippen LogP contribution in [0, 0.1) is 0 Å². The Labute approximate surface area is 79.8 Å². The van der Waals surface area contributed by atoms with Crippen LogP contribution in [-0.2, 0) is 0 Å². The molecule has 2 nitrogen and oxygen atoms in total. The van der Waals surface area contributed by atoms with E-state index in [4.69, 9.17) is 0 Å². The van der Waals surface area contributed by atoms with Gasteiger partial charge in [-0.25, -0.2) is 0 Å². The van der Waals surface area contributed by atoms with Crippen LogP contribution in [0.3, 0.4) is 0 Å². The van der Waals surface area contributed by atoms with Gasteiger partial charge in [0, 0.05) is 12.7 Å². The molecule has 0 spiro atoms. The molecule has 0 bridgehead atoms. The SMILES string of the molecule is C1=CC2=CN=c3ccsc3=CN2C1. The van der Waals surface area contributed by atoms with Crippen molar-refractivity contribution < 1.29 is 0 Å². The molecular weight excluding hydrogens is 180 g/mol. The average Bonchev–Trinajstić information content (AvgIpc) is 2.72. The first kappa shape index (κ1) is 7.09. The van der Waals surface area contributed by atoms with Crippen molar-refractivity contribution in [2.45, 2.75) is 0 Å². The van der Waals surface area contributed by atoms with Crippen LogP contribution in [0.4, 0.5) is 0 Å². The van der Waals surface area contributed by atoms with Gasteiger partial charge in [0.2, 0.25) is 0 Å². The Morgan fingerprint density at radius 2 is 2.46 bits per heavy atom. The summed E-state index contributed by atoms with van der Waals surface area (Å²) in [5.74, 6) is 0. The van der Waals surface area contributed by atoms with Gasteiger partial charge in [0.25, 0.3) is 0 Å². The molecule has 0 radical (unpaired) electrons. The first-order chi connectivity index (χ1) is 6.43. The van der Waals surface area contributed by atoms with Crippen molar-refractivity contribution in [1.82, 2.24) is 4.90 Å². The van der Waals surface area contributed by atoms with Gasteiger partial charge in [0.15, 0.2) is 0 Å². The molecule has 2 aliphatic heterocycles. The Morgan fingerprint density at radius 3 is 3.46 bits per heavy atom. The third-order valence-corrected chi connectivity index (χ3v) is 3.05. The van der Waals surface area contributed by atoms with Crippen molar-refractivity contribution in [2.75, 3.05) is 6.54 Å². The van der Waals surface area contributed by atoms with E-state index in [2.05, 4.69) is 39.7 Å². The second-order valence-corrected chi connectivity index (χ2v) is 3.98. The molecule has 1 aromatic heterocycles. The van der Waals surface area contributed by atoms with Crippen LogP contribution in [0.25, 0.3) is 6.20 Å². The van der Waals surface area contributed by atoms with Crippen LogP contribution in [0.2, 0.25) is 0 Å². The summed E-state index contributed by atoms with van der Waals surface area (Å²) >= 11 is 1.74. The monoisotopic (exact) mass is 188 g/mol. The van der Waals surface area contributed by atoms with Crippen LogP contribution in [-0.4, -0.2) is 11.4 Å². The van der Waals surface area contributed by atoms with Crippen molar-refractivity contribution in [3.8, 4) is 0 Å². The minimum absolute atomic E-state index is 0.971. The number of thiophene rings is 1. The van der Waals surface area contributed by atoms with Crippen molar-refractivity contribution >= 4 is 17.5 Å². The summed E-state index contributed by atoms with van der Waals surface area (Å²) < 4.78 is 1.25. The average molecular weight is 188 g/mol. The van der Waals surface area contributed by atoms with Crippen LogP contribution in [0.15, 0.2) is 40.5 Å². The summed E-state index contributed by atoms with van der Waals surface area (Å²) in [7, 11) is 0.